The average Bonchev–Trinajstić information content (AvgIpc) is 3.09. The summed E-state index contributed by atoms with van der Waals surface area (Å²) >= 11 is 1.46. The van der Waals surface area contributed by atoms with Crippen molar-refractivity contribution < 1.29 is 9.05 Å². The van der Waals surface area contributed by atoms with Crippen LogP contribution in [0.25, 0.3) is 0 Å². The number of nitrogens with zero attached hydrogens (tertiary/aromatic N) is 3. The van der Waals surface area contributed by atoms with Crippen LogP contribution in [-0.4, -0.2) is 14.7 Å². The molecule has 0 N–H and O–H groups in total. The monoisotopic (exact) mass is 223 g/mol. The fraction of sp³-hybridized carbons (Fsp3) is 0. The Labute approximate surface area is 90.5 Å². The Morgan fingerprint density at radius 1 is 0.800 bits per heavy atom. The maximum absolute atomic E-state index is 4.33. The molecule has 6 heteroatoms. The second kappa shape index (κ2) is 8.64. The molecule has 78 valence electrons. The van der Waals surface area contributed by atoms with Crippen LogP contribution in [0.1, 0.15) is 0 Å². The predicted octanol–water partition coefficient (Wildman–Crippen LogP) is 2.49. The third-order valence-electron chi connectivity index (χ3n) is 1.04. The van der Waals surface area contributed by atoms with Gasteiger partial charge in [-0.2, -0.15) is 0 Å². The highest BCUT2D eigenvalue weighted by Gasteiger charge is 1.61. The van der Waals surface area contributed by atoms with Gasteiger partial charge in [0.25, 0.3) is 0 Å². The van der Waals surface area contributed by atoms with Crippen molar-refractivity contribution in [2.75, 3.05) is 0 Å². The van der Waals surface area contributed by atoms with Crippen molar-refractivity contribution in [3.63, 3.8) is 0 Å². The minimum absolute atomic E-state index is 1.46. The van der Waals surface area contributed by atoms with Crippen LogP contribution in [0.3, 0.4) is 0 Å². The van der Waals surface area contributed by atoms with Crippen molar-refractivity contribution in [3.8, 4) is 0 Å². The number of aromatic nitrogens is 3. The summed E-state index contributed by atoms with van der Waals surface area (Å²) < 4.78 is 12.4. The summed E-state index contributed by atoms with van der Waals surface area (Å²) in [6, 6.07) is 5.35. The molecule has 0 fully saturated rings. The fourth-order valence-corrected chi connectivity index (χ4v) is 0.878. The first-order valence-corrected chi connectivity index (χ1v) is 4.87. The second-order valence-corrected chi connectivity index (χ2v) is 2.76. The smallest absolute Gasteiger partial charge is 0.123 e. The molecule has 0 bridgehead atoms. The molecular formula is C9H9N3O2S. The van der Waals surface area contributed by atoms with Crippen LogP contribution < -0.4 is 0 Å². The van der Waals surface area contributed by atoms with Gasteiger partial charge in [0.1, 0.15) is 12.5 Å². The molecule has 0 spiro atoms. The van der Waals surface area contributed by atoms with E-state index in [1.54, 1.807) is 30.7 Å². The molecule has 0 saturated heterocycles. The van der Waals surface area contributed by atoms with Gasteiger partial charge < -0.3 is 9.05 Å². The van der Waals surface area contributed by atoms with E-state index in [9.17, 15) is 0 Å². The lowest BCUT2D eigenvalue weighted by atomic mass is 10.8. The van der Waals surface area contributed by atoms with Crippen molar-refractivity contribution in [2.24, 2.45) is 0 Å². The summed E-state index contributed by atoms with van der Waals surface area (Å²) in [6.07, 6.45) is 7.96. The summed E-state index contributed by atoms with van der Waals surface area (Å²) in [5.74, 6) is 0. The van der Waals surface area contributed by atoms with Crippen LogP contribution in [-0.2, 0) is 0 Å². The minimum atomic E-state index is 1.46. The largest absolute Gasteiger partial charge is 0.365 e. The minimum Gasteiger partial charge on any atom is -0.365 e. The number of hydrogen-bond donors (Lipinski definition) is 0. The zero-order valence-corrected chi connectivity index (χ0v) is 8.58. The van der Waals surface area contributed by atoms with Crippen LogP contribution in [0.4, 0.5) is 0 Å². The standard InChI is InChI=1S/2C3H3NO.C3H3NS/c3*1-2-4-5-3-1/h3*1-3H. The molecule has 3 heterocycles. The highest BCUT2D eigenvalue weighted by Crippen LogP contribution is 1.83. The van der Waals surface area contributed by atoms with Gasteiger partial charge in [-0.3, -0.25) is 0 Å². The lowest BCUT2D eigenvalue weighted by molar-refractivity contribution is 0.419. The Kier molecular flexibility index (Phi) is 6.41. The van der Waals surface area contributed by atoms with Gasteiger partial charge in [-0.1, -0.05) is 10.3 Å². The van der Waals surface area contributed by atoms with Crippen LogP contribution in [0.5, 0.6) is 0 Å². The zero-order valence-electron chi connectivity index (χ0n) is 7.76. The topological polar surface area (TPSA) is 65.0 Å². The van der Waals surface area contributed by atoms with Crippen molar-refractivity contribution in [3.05, 3.63) is 54.7 Å². The van der Waals surface area contributed by atoms with Gasteiger partial charge in [0.15, 0.2) is 0 Å². The van der Waals surface area contributed by atoms with E-state index in [-0.39, 0.29) is 0 Å². The Morgan fingerprint density at radius 3 is 1.60 bits per heavy atom. The van der Waals surface area contributed by atoms with Crippen molar-refractivity contribution in [1.29, 1.82) is 0 Å². The van der Waals surface area contributed by atoms with Gasteiger partial charge in [0, 0.05) is 11.6 Å². The fourth-order valence-electron chi connectivity index (χ4n) is 0.527. The molecule has 0 aliphatic carbocycles. The van der Waals surface area contributed by atoms with E-state index in [4.69, 9.17) is 0 Å². The maximum atomic E-state index is 4.33. The summed E-state index contributed by atoms with van der Waals surface area (Å²) in [6.45, 7) is 0. The maximum Gasteiger partial charge on any atom is 0.123 e. The van der Waals surface area contributed by atoms with E-state index in [1.807, 2.05) is 11.4 Å². The van der Waals surface area contributed by atoms with E-state index in [0.29, 0.717) is 0 Å². The molecule has 5 nitrogen and oxygen atoms in total. The summed E-state index contributed by atoms with van der Waals surface area (Å²) in [5.41, 5.74) is 0. The summed E-state index contributed by atoms with van der Waals surface area (Å²) in [7, 11) is 0. The van der Waals surface area contributed by atoms with Crippen molar-refractivity contribution >= 4 is 11.5 Å². The van der Waals surface area contributed by atoms with Crippen molar-refractivity contribution in [2.45, 2.75) is 0 Å². The molecule has 15 heavy (non-hydrogen) atoms. The van der Waals surface area contributed by atoms with E-state index in [1.165, 1.54) is 24.1 Å². The molecule has 0 aliphatic heterocycles. The molecule has 3 aromatic heterocycles. The number of hydrogen-bond acceptors (Lipinski definition) is 6. The van der Waals surface area contributed by atoms with Gasteiger partial charge in [-0.15, -0.1) is 0 Å². The molecule has 0 amide bonds. The first kappa shape index (κ1) is 11.1. The predicted molar refractivity (Wildman–Crippen MR) is 55.1 cm³/mol. The van der Waals surface area contributed by atoms with E-state index >= 15 is 0 Å². The molecule has 0 aromatic carbocycles. The summed E-state index contributed by atoms with van der Waals surface area (Å²) in [4.78, 5) is 0. The SMILES string of the molecule is c1cnoc1.c1cnoc1.c1cnsc1. The number of rotatable bonds is 0. The third kappa shape index (κ3) is 7.15. The quantitative estimate of drug-likeness (QED) is 0.585. The van der Waals surface area contributed by atoms with Gasteiger partial charge >= 0.3 is 0 Å². The normalized spacial score (nSPS) is 8.00. The second-order valence-electron chi connectivity index (χ2n) is 2.07. The van der Waals surface area contributed by atoms with Gasteiger partial charge in [0.2, 0.25) is 0 Å². The molecule has 0 saturated carbocycles. The molecular weight excluding hydrogens is 214 g/mol. The van der Waals surface area contributed by atoms with Crippen LogP contribution >= 0.6 is 11.5 Å². The Morgan fingerprint density at radius 2 is 1.47 bits per heavy atom. The van der Waals surface area contributed by atoms with Crippen LogP contribution in [0.2, 0.25) is 0 Å². The Balaban J connectivity index is 0.000000112. The highest BCUT2D eigenvalue weighted by atomic mass is 32.1. The lowest BCUT2D eigenvalue weighted by Crippen LogP contribution is -1.38. The molecule has 0 unspecified atom stereocenters. The molecule has 3 rings (SSSR count). The van der Waals surface area contributed by atoms with Crippen LogP contribution in [0, 0.1) is 0 Å². The first-order valence-electron chi connectivity index (χ1n) is 4.03. The molecule has 3 aromatic rings. The van der Waals surface area contributed by atoms with Gasteiger partial charge in [-0.05, 0) is 29.7 Å². The Bertz CT molecular complexity index is 255. The van der Waals surface area contributed by atoms with E-state index < -0.39 is 0 Å². The van der Waals surface area contributed by atoms with E-state index in [0.717, 1.165) is 0 Å². The van der Waals surface area contributed by atoms with E-state index in [2.05, 4.69) is 23.7 Å². The molecule has 0 atom stereocenters. The van der Waals surface area contributed by atoms with Gasteiger partial charge in [0.05, 0.1) is 12.4 Å². The van der Waals surface area contributed by atoms with Crippen LogP contribution in [0.15, 0.2) is 63.7 Å². The lowest BCUT2D eigenvalue weighted by Gasteiger charge is -1.48. The molecule has 0 aliphatic rings. The average molecular weight is 223 g/mol. The zero-order chi connectivity index (χ0) is 10.6. The van der Waals surface area contributed by atoms with Crippen molar-refractivity contribution in [1.82, 2.24) is 14.7 Å². The third-order valence-corrected chi connectivity index (χ3v) is 1.56. The highest BCUT2D eigenvalue weighted by molar-refractivity contribution is 7.03. The first-order chi connectivity index (χ1) is 7.50. The van der Waals surface area contributed by atoms with Gasteiger partial charge in [-0.25, -0.2) is 4.37 Å². The Hall–Kier alpha value is -1.95. The molecule has 0 radical (unpaired) electrons. The summed E-state index contributed by atoms with van der Waals surface area (Å²) in [5, 5.41) is 8.62.